The Balaban J connectivity index is 2.22. The van der Waals surface area contributed by atoms with Crippen LogP contribution in [-0.4, -0.2) is 34.6 Å². The Bertz CT molecular complexity index is 645. The van der Waals surface area contributed by atoms with Crippen LogP contribution in [0.5, 0.6) is 0 Å². The molecule has 5 nitrogen and oxygen atoms in total. The summed E-state index contributed by atoms with van der Waals surface area (Å²) < 4.78 is 1.62. The van der Waals surface area contributed by atoms with E-state index in [0.717, 1.165) is 29.7 Å². The lowest BCUT2D eigenvalue weighted by molar-refractivity contribution is 0.318. The van der Waals surface area contributed by atoms with E-state index in [9.17, 15) is 4.79 Å². The minimum absolute atomic E-state index is 0.0625. The number of likely N-dealkylation sites (N-methyl/N-ethyl adjacent to an activating group) is 1. The van der Waals surface area contributed by atoms with E-state index in [0.29, 0.717) is 13.1 Å². The topological polar surface area (TPSA) is 64.2 Å². The first kappa shape index (κ1) is 11.8. The smallest absolute Gasteiger partial charge is 0.262 e. The van der Waals surface area contributed by atoms with Gasteiger partial charge in [-0.05, 0) is 19.0 Å². The van der Waals surface area contributed by atoms with E-state index in [1.807, 2.05) is 0 Å². The molecule has 0 aromatic carbocycles. The molecule has 6 heteroatoms. The number of aromatic nitrogens is 2. The van der Waals surface area contributed by atoms with Gasteiger partial charge >= 0.3 is 0 Å². The molecule has 0 saturated carbocycles. The van der Waals surface area contributed by atoms with Crippen molar-refractivity contribution in [3.05, 3.63) is 27.1 Å². The number of fused-ring (bicyclic) bond motifs is 3. The van der Waals surface area contributed by atoms with E-state index in [4.69, 9.17) is 5.73 Å². The SMILES string of the molecule is CN1CCc2c(sc3ncn(CCN)c(=O)c23)C1. The van der Waals surface area contributed by atoms with Crippen LogP contribution in [0.1, 0.15) is 10.4 Å². The van der Waals surface area contributed by atoms with E-state index < -0.39 is 0 Å². The largest absolute Gasteiger partial charge is 0.329 e. The summed E-state index contributed by atoms with van der Waals surface area (Å²) in [5.41, 5.74) is 6.78. The molecule has 0 bridgehead atoms. The van der Waals surface area contributed by atoms with E-state index >= 15 is 0 Å². The molecular weight excluding hydrogens is 248 g/mol. The fourth-order valence-corrected chi connectivity index (χ4v) is 3.70. The second-order valence-electron chi connectivity index (χ2n) is 4.70. The van der Waals surface area contributed by atoms with Crippen molar-refractivity contribution in [2.45, 2.75) is 19.5 Å². The first-order valence-electron chi connectivity index (χ1n) is 6.09. The highest BCUT2D eigenvalue weighted by Gasteiger charge is 2.21. The van der Waals surface area contributed by atoms with Gasteiger partial charge in [0.25, 0.3) is 5.56 Å². The number of hydrogen-bond donors (Lipinski definition) is 1. The van der Waals surface area contributed by atoms with Crippen molar-refractivity contribution in [1.29, 1.82) is 0 Å². The summed E-state index contributed by atoms with van der Waals surface area (Å²) in [5, 5.41) is 0.819. The van der Waals surface area contributed by atoms with Crippen molar-refractivity contribution in [2.75, 3.05) is 20.1 Å². The summed E-state index contributed by atoms with van der Waals surface area (Å²) in [6.45, 7) is 2.92. The van der Waals surface area contributed by atoms with Gasteiger partial charge in [0.2, 0.25) is 0 Å². The van der Waals surface area contributed by atoms with Gasteiger partial charge in [-0.1, -0.05) is 0 Å². The molecule has 2 N–H and O–H groups in total. The zero-order valence-corrected chi connectivity index (χ0v) is 11.2. The predicted molar refractivity (Wildman–Crippen MR) is 73.0 cm³/mol. The maximum absolute atomic E-state index is 12.4. The van der Waals surface area contributed by atoms with E-state index in [-0.39, 0.29) is 5.56 Å². The lowest BCUT2D eigenvalue weighted by Gasteiger charge is -2.21. The van der Waals surface area contributed by atoms with Gasteiger partial charge in [-0.15, -0.1) is 11.3 Å². The van der Waals surface area contributed by atoms with E-state index in [1.54, 1.807) is 22.2 Å². The molecule has 1 aliphatic rings. The fourth-order valence-electron chi connectivity index (χ4n) is 2.44. The number of hydrogen-bond acceptors (Lipinski definition) is 5. The second kappa shape index (κ2) is 4.46. The molecule has 0 saturated heterocycles. The molecule has 0 fully saturated rings. The second-order valence-corrected chi connectivity index (χ2v) is 5.79. The summed E-state index contributed by atoms with van der Waals surface area (Å²) >= 11 is 1.65. The normalized spacial score (nSPS) is 16.1. The molecule has 0 radical (unpaired) electrons. The average molecular weight is 264 g/mol. The van der Waals surface area contributed by atoms with Crippen LogP contribution in [0.25, 0.3) is 10.2 Å². The van der Waals surface area contributed by atoms with Gasteiger partial charge in [-0.2, -0.15) is 0 Å². The van der Waals surface area contributed by atoms with Crippen LogP contribution in [0.2, 0.25) is 0 Å². The molecule has 2 aromatic rings. The van der Waals surface area contributed by atoms with E-state index in [1.165, 1.54) is 10.4 Å². The Hall–Kier alpha value is -1.24. The van der Waals surface area contributed by atoms with Crippen LogP contribution in [-0.2, 0) is 19.5 Å². The Morgan fingerprint density at radius 1 is 1.56 bits per heavy atom. The van der Waals surface area contributed by atoms with Gasteiger partial charge in [0.1, 0.15) is 4.83 Å². The Morgan fingerprint density at radius 3 is 3.17 bits per heavy atom. The van der Waals surface area contributed by atoms with Gasteiger partial charge in [-0.25, -0.2) is 4.98 Å². The lowest BCUT2D eigenvalue weighted by Crippen LogP contribution is -2.27. The molecule has 3 heterocycles. The minimum Gasteiger partial charge on any atom is -0.329 e. The predicted octanol–water partition coefficient (Wildman–Crippen LogP) is 0.405. The third kappa shape index (κ3) is 1.77. The molecule has 3 rings (SSSR count). The molecule has 0 amide bonds. The quantitative estimate of drug-likeness (QED) is 0.853. The fraction of sp³-hybridized carbons (Fsp3) is 0.500. The molecule has 96 valence electrons. The highest BCUT2D eigenvalue weighted by Crippen LogP contribution is 2.31. The zero-order chi connectivity index (χ0) is 12.7. The highest BCUT2D eigenvalue weighted by molar-refractivity contribution is 7.18. The van der Waals surface area contributed by atoms with Crippen LogP contribution in [0, 0.1) is 0 Å². The first-order valence-corrected chi connectivity index (χ1v) is 6.90. The molecule has 1 aliphatic heterocycles. The molecular formula is C12H16N4OS. The molecule has 0 atom stereocenters. The van der Waals surface area contributed by atoms with Crippen molar-refractivity contribution >= 4 is 21.6 Å². The van der Waals surface area contributed by atoms with Crippen molar-refractivity contribution < 1.29 is 0 Å². The van der Waals surface area contributed by atoms with Crippen molar-refractivity contribution in [3.63, 3.8) is 0 Å². The van der Waals surface area contributed by atoms with Crippen LogP contribution in [0.4, 0.5) is 0 Å². The third-order valence-electron chi connectivity index (χ3n) is 3.39. The van der Waals surface area contributed by atoms with Gasteiger partial charge in [0, 0.05) is 31.1 Å². The number of rotatable bonds is 2. The van der Waals surface area contributed by atoms with Gasteiger partial charge < -0.3 is 10.6 Å². The van der Waals surface area contributed by atoms with Crippen LogP contribution >= 0.6 is 11.3 Å². The van der Waals surface area contributed by atoms with Gasteiger partial charge in [0.15, 0.2) is 0 Å². The Labute approximate surface area is 109 Å². The summed E-state index contributed by atoms with van der Waals surface area (Å²) in [4.78, 5) is 21.2. The summed E-state index contributed by atoms with van der Waals surface area (Å²) in [6, 6.07) is 0. The van der Waals surface area contributed by atoms with Crippen LogP contribution in [0.15, 0.2) is 11.1 Å². The molecule has 0 aliphatic carbocycles. The van der Waals surface area contributed by atoms with Crippen molar-refractivity contribution in [1.82, 2.24) is 14.5 Å². The summed E-state index contributed by atoms with van der Waals surface area (Å²) in [7, 11) is 2.10. The first-order chi connectivity index (χ1) is 8.70. The van der Waals surface area contributed by atoms with Gasteiger partial charge in [-0.3, -0.25) is 9.36 Å². The highest BCUT2D eigenvalue weighted by atomic mass is 32.1. The minimum atomic E-state index is 0.0625. The number of nitrogens with zero attached hydrogens (tertiary/aromatic N) is 3. The summed E-state index contributed by atoms with van der Waals surface area (Å²) in [5.74, 6) is 0. The van der Waals surface area contributed by atoms with Gasteiger partial charge in [0.05, 0.1) is 11.7 Å². The van der Waals surface area contributed by atoms with Crippen LogP contribution in [0.3, 0.4) is 0 Å². The Morgan fingerprint density at radius 2 is 2.39 bits per heavy atom. The average Bonchev–Trinajstić information content (AvgIpc) is 2.71. The molecule has 2 aromatic heterocycles. The molecule has 0 unspecified atom stereocenters. The molecule has 18 heavy (non-hydrogen) atoms. The van der Waals surface area contributed by atoms with E-state index in [2.05, 4.69) is 16.9 Å². The monoisotopic (exact) mass is 264 g/mol. The van der Waals surface area contributed by atoms with Crippen LogP contribution < -0.4 is 11.3 Å². The third-order valence-corrected chi connectivity index (χ3v) is 4.51. The number of thiophene rings is 1. The molecule has 0 spiro atoms. The Kier molecular flexibility index (Phi) is 2.93. The maximum Gasteiger partial charge on any atom is 0.262 e. The number of nitrogens with two attached hydrogens (primary N) is 1. The standard InChI is InChI=1S/C12H16N4OS/c1-15-4-2-8-9(6-15)18-11-10(8)12(17)16(5-3-13)7-14-11/h7H,2-6,13H2,1H3. The van der Waals surface area contributed by atoms with Crippen molar-refractivity contribution in [2.24, 2.45) is 5.73 Å². The maximum atomic E-state index is 12.4. The summed E-state index contributed by atoms with van der Waals surface area (Å²) in [6.07, 6.45) is 2.55. The lowest BCUT2D eigenvalue weighted by atomic mass is 10.1. The zero-order valence-electron chi connectivity index (χ0n) is 10.3. The van der Waals surface area contributed by atoms with Crippen molar-refractivity contribution in [3.8, 4) is 0 Å².